The summed E-state index contributed by atoms with van der Waals surface area (Å²) in [6.07, 6.45) is -4.80. The maximum atomic E-state index is 9.87. The number of hydrogen-bond acceptors (Lipinski definition) is 7. The Hall–Kier alpha value is -0.830. The number of benzene rings is 1. The maximum Gasteiger partial charge on any atom is 0.136 e. The Labute approximate surface area is 114 Å². The lowest BCUT2D eigenvalue weighted by Crippen LogP contribution is -2.57. The van der Waals surface area contributed by atoms with Crippen LogP contribution in [-0.2, 0) is 4.74 Å². The zero-order valence-corrected chi connectivity index (χ0v) is 10.9. The van der Waals surface area contributed by atoms with Crippen LogP contribution in [0.25, 0.3) is 0 Å². The standard InChI is InChI=1S/C12H17NO5S/c13-6-1-3-7(4-2-6)19-12-11(17)10(16)9(15)8(5-14)18-12/h1-4,8-12,14-17H,5,13H2/t8-,9+,10-,11+,12-/m0/s1. The van der Waals surface area contributed by atoms with E-state index in [0.29, 0.717) is 5.69 Å². The highest BCUT2D eigenvalue weighted by molar-refractivity contribution is 7.99. The molecule has 0 radical (unpaired) electrons. The number of aliphatic hydroxyl groups excluding tert-OH is 4. The summed E-state index contributed by atoms with van der Waals surface area (Å²) < 4.78 is 5.39. The molecule has 6 N–H and O–H groups in total. The molecule has 0 bridgehead atoms. The molecule has 0 unspecified atom stereocenters. The van der Waals surface area contributed by atoms with Crippen LogP contribution in [0, 0.1) is 0 Å². The van der Waals surface area contributed by atoms with Crippen LogP contribution in [0.4, 0.5) is 5.69 Å². The molecule has 1 aromatic carbocycles. The number of thioether (sulfide) groups is 1. The summed E-state index contributed by atoms with van der Waals surface area (Å²) in [4.78, 5) is 0.804. The zero-order chi connectivity index (χ0) is 14.0. The van der Waals surface area contributed by atoms with Crippen molar-refractivity contribution >= 4 is 17.4 Å². The largest absolute Gasteiger partial charge is 0.399 e. The van der Waals surface area contributed by atoms with Crippen LogP contribution in [0.1, 0.15) is 0 Å². The number of ether oxygens (including phenoxy) is 1. The van der Waals surface area contributed by atoms with Gasteiger partial charge in [-0.2, -0.15) is 0 Å². The van der Waals surface area contributed by atoms with Crippen molar-refractivity contribution in [1.29, 1.82) is 0 Å². The first-order valence-corrected chi connectivity index (χ1v) is 6.73. The lowest BCUT2D eigenvalue weighted by molar-refractivity contribution is -0.205. The summed E-state index contributed by atoms with van der Waals surface area (Å²) >= 11 is 1.20. The molecule has 1 aliphatic heterocycles. The van der Waals surface area contributed by atoms with Gasteiger partial charge in [0, 0.05) is 10.6 Å². The van der Waals surface area contributed by atoms with Crippen molar-refractivity contribution < 1.29 is 25.2 Å². The summed E-state index contributed by atoms with van der Waals surface area (Å²) in [5, 5.41) is 38.3. The SMILES string of the molecule is Nc1ccc(S[C@@H]2O[C@@H](CO)[C@@H](O)[C@H](O)[C@H]2O)cc1. The number of hydrogen-bond donors (Lipinski definition) is 5. The van der Waals surface area contributed by atoms with E-state index in [0.717, 1.165) is 4.90 Å². The topological polar surface area (TPSA) is 116 Å². The molecule has 1 aromatic rings. The molecule has 6 nitrogen and oxygen atoms in total. The molecule has 0 aliphatic carbocycles. The first-order valence-electron chi connectivity index (χ1n) is 5.85. The monoisotopic (exact) mass is 287 g/mol. The summed E-state index contributed by atoms with van der Waals surface area (Å²) in [7, 11) is 0. The van der Waals surface area contributed by atoms with Gasteiger partial charge in [0.2, 0.25) is 0 Å². The summed E-state index contributed by atoms with van der Waals surface area (Å²) in [6.45, 7) is -0.427. The second kappa shape index (κ2) is 6.08. The Balaban J connectivity index is 2.08. The van der Waals surface area contributed by atoms with Crippen molar-refractivity contribution in [2.45, 2.75) is 34.7 Å². The van der Waals surface area contributed by atoms with Gasteiger partial charge in [-0.05, 0) is 24.3 Å². The Morgan fingerprint density at radius 2 is 1.68 bits per heavy atom. The third kappa shape index (κ3) is 3.19. The van der Waals surface area contributed by atoms with Crippen LogP contribution in [0.15, 0.2) is 29.2 Å². The van der Waals surface area contributed by atoms with E-state index in [-0.39, 0.29) is 0 Å². The summed E-state index contributed by atoms with van der Waals surface area (Å²) in [5.74, 6) is 0. The van der Waals surface area contributed by atoms with E-state index >= 15 is 0 Å². The highest BCUT2D eigenvalue weighted by atomic mass is 32.2. The molecule has 0 amide bonds. The number of anilines is 1. The number of rotatable bonds is 3. The van der Waals surface area contributed by atoms with Gasteiger partial charge in [0.25, 0.3) is 0 Å². The van der Waals surface area contributed by atoms with Crippen molar-refractivity contribution in [2.24, 2.45) is 0 Å². The van der Waals surface area contributed by atoms with E-state index in [1.54, 1.807) is 24.3 Å². The van der Waals surface area contributed by atoms with Gasteiger partial charge in [0.1, 0.15) is 29.9 Å². The lowest BCUT2D eigenvalue weighted by Gasteiger charge is -2.39. The average molecular weight is 287 g/mol. The molecule has 1 saturated heterocycles. The van der Waals surface area contributed by atoms with Gasteiger partial charge in [-0.15, -0.1) is 0 Å². The van der Waals surface area contributed by atoms with Gasteiger partial charge in [0.05, 0.1) is 6.61 Å². The number of nitrogens with two attached hydrogens (primary N) is 1. The Morgan fingerprint density at radius 3 is 2.26 bits per heavy atom. The highest BCUT2D eigenvalue weighted by Crippen LogP contribution is 2.33. The van der Waals surface area contributed by atoms with Crippen LogP contribution in [0.5, 0.6) is 0 Å². The molecule has 19 heavy (non-hydrogen) atoms. The molecule has 1 heterocycles. The Bertz CT molecular complexity index is 413. The van der Waals surface area contributed by atoms with Gasteiger partial charge in [-0.3, -0.25) is 0 Å². The molecule has 7 heteroatoms. The fraction of sp³-hybridized carbons (Fsp3) is 0.500. The minimum absolute atomic E-state index is 0.427. The predicted molar refractivity (Wildman–Crippen MR) is 70.5 cm³/mol. The molecular weight excluding hydrogens is 270 g/mol. The molecule has 106 valence electrons. The van der Waals surface area contributed by atoms with Gasteiger partial charge in [-0.1, -0.05) is 11.8 Å². The predicted octanol–water partition coefficient (Wildman–Crippen LogP) is -0.839. The van der Waals surface area contributed by atoms with Crippen molar-refractivity contribution in [3.8, 4) is 0 Å². The molecule has 1 aliphatic rings. The fourth-order valence-electron chi connectivity index (χ4n) is 1.85. The van der Waals surface area contributed by atoms with Gasteiger partial charge >= 0.3 is 0 Å². The van der Waals surface area contributed by atoms with Gasteiger partial charge in [-0.25, -0.2) is 0 Å². The van der Waals surface area contributed by atoms with Crippen LogP contribution < -0.4 is 5.73 Å². The third-order valence-corrected chi connectivity index (χ3v) is 4.15. The first-order chi connectivity index (χ1) is 9.02. The van der Waals surface area contributed by atoms with Gasteiger partial charge in [0.15, 0.2) is 0 Å². The smallest absolute Gasteiger partial charge is 0.136 e. The summed E-state index contributed by atoms with van der Waals surface area (Å²) in [5.41, 5.74) is 5.43. The minimum Gasteiger partial charge on any atom is -0.399 e. The maximum absolute atomic E-state index is 9.87. The van der Waals surface area contributed by atoms with Crippen molar-refractivity contribution in [3.05, 3.63) is 24.3 Å². The van der Waals surface area contributed by atoms with Gasteiger partial charge < -0.3 is 30.9 Å². The molecule has 5 atom stereocenters. The number of nitrogen functional groups attached to an aromatic ring is 1. The Kier molecular flexibility index (Phi) is 4.67. The highest BCUT2D eigenvalue weighted by Gasteiger charge is 2.43. The van der Waals surface area contributed by atoms with Crippen LogP contribution >= 0.6 is 11.8 Å². The number of aliphatic hydroxyl groups is 4. The van der Waals surface area contributed by atoms with E-state index in [2.05, 4.69) is 0 Å². The van der Waals surface area contributed by atoms with Crippen LogP contribution in [0.2, 0.25) is 0 Å². The summed E-state index contributed by atoms with van der Waals surface area (Å²) in [6, 6.07) is 6.96. The lowest BCUT2D eigenvalue weighted by atomic mass is 10.0. The van der Waals surface area contributed by atoms with E-state index < -0.39 is 36.5 Å². The Morgan fingerprint density at radius 1 is 1.05 bits per heavy atom. The van der Waals surface area contributed by atoms with Crippen molar-refractivity contribution in [3.63, 3.8) is 0 Å². The molecule has 0 spiro atoms. The fourth-order valence-corrected chi connectivity index (χ4v) is 2.91. The van der Waals surface area contributed by atoms with Crippen LogP contribution in [-0.4, -0.2) is 56.9 Å². The molecule has 0 aromatic heterocycles. The van der Waals surface area contributed by atoms with E-state index in [1.807, 2.05) is 0 Å². The quantitative estimate of drug-likeness (QED) is 0.460. The first kappa shape index (κ1) is 14.6. The molecule has 1 fully saturated rings. The third-order valence-electron chi connectivity index (χ3n) is 2.98. The zero-order valence-electron chi connectivity index (χ0n) is 10.1. The molecule has 2 rings (SSSR count). The molecular formula is C12H17NO5S. The van der Waals surface area contributed by atoms with Crippen molar-refractivity contribution in [1.82, 2.24) is 0 Å². The minimum atomic E-state index is -1.35. The van der Waals surface area contributed by atoms with E-state index in [4.69, 9.17) is 15.6 Å². The second-order valence-corrected chi connectivity index (χ2v) is 5.56. The van der Waals surface area contributed by atoms with E-state index in [1.165, 1.54) is 11.8 Å². The normalized spacial score (nSPS) is 35.3. The molecule has 0 saturated carbocycles. The average Bonchev–Trinajstić information content (AvgIpc) is 2.42. The van der Waals surface area contributed by atoms with Crippen LogP contribution in [0.3, 0.4) is 0 Å². The van der Waals surface area contributed by atoms with Crippen molar-refractivity contribution in [2.75, 3.05) is 12.3 Å². The second-order valence-electron chi connectivity index (χ2n) is 4.38. The van der Waals surface area contributed by atoms with E-state index in [9.17, 15) is 15.3 Å².